The first-order valence-electron chi connectivity index (χ1n) is 5.86. The maximum Gasteiger partial charge on any atom is 0.259 e. The van der Waals surface area contributed by atoms with Crippen LogP contribution in [0.4, 0.5) is 20.2 Å². The number of carbonyl (C=O) groups excluding carboxylic acids is 1. The molecular weight excluding hydrogens is 282 g/mol. The van der Waals surface area contributed by atoms with Gasteiger partial charge in [0.05, 0.1) is 18.4 Å². The molecule has 110 valence electrons. The zero-order chi connectivity index (χ0) is 15.6. The average Bonchev–Trinajstić information content (AvgIpc) is 2.47. The third-order valence-corrected chi connectivity index (χ3v) is 2.82. The highest BCUT2D eigenvalue weighted by molar-refractivity contribution is 6.07. The lowest BCUT2D eigenvalue weighted by molar-refractivity contribution is 0.102. The van der Waals surface area contributed by atoms with Gasteiger partial charge in [-0.2, -0.15) is 0 Å². The van der Waals surface area contributed by atoms with Crippen molar-refractivity contribution in [1.29, 1.82) is 0 Å². The predicted molar refractivity (Wildman–Crippen MR) is 73.4 cm³/mol. The summed E-state index contributed by atoms with van der Waals surface area (Å²) in [6.07, 6.45) is 0. The number of methoxy groups -OCH3 is 1. The van der Waals surface area contributed by atoms with Crippen LogP contribution in [0.15, 0.2) is 30.3 Å². The molecule has 4 N–H and O–H groups in total. The van der Waals surface area contributed by atoms with E-state index in [-0.39, 0.29) is 17.0 Å². The third-order valence-electron chi connectivity index (χ3n) is 2.82. The van der Waals surface area contributed by atoms with Gasteiger partial charge in [0.2, 0.25) is 0 Å². The van der Waals surface area contributed by atoms with Crippen LogP contribution in [0, 0.1) is 11.6 Å². The van der Waals surface area contributed by atoms with Gasteiger partial charge in [-0.3, -0.25) is 4.79 Å². The number of nitrogens with one attached hydrogen (secondary N) is 1. The minimum absolute atomic E-state index is 0.126. The van der Waals surface area contributed by atoms with Crippen LogP contribution < -0.4 is 15.8 Å². The number of aromatic hydroxyl groups is 1. The summed E-state index contributed by atoms with van der Waals surface area (Å²) in [5, 5.41) is 11.9. The molecule has 0 aliphatic heterocycles. The summed E-state index contributed by atoms with van der Waals surface area (Å²) in [7, 11) is 1.40. The summed E-state index contributed by atoms with van der Waals surface area (Å²) in [6.45, 7) is 0. The Morgan fingerprint density at radius 1 is 1.29 bits per heavy atom. The van der Waals surface area contributed by atoms with Crippen LogP contribution in [0.5, 0.6) is 11.5 Å². The molecule has 0 fully saturated rings. The Morgan fingerprint density at radius 3 is 2.62 bits per heavy atom. The molecule has 0 saturated carbocycles. The van der Waals surface area contributed by atoms with Crippen molar-refractivity contribution in [1.82, 2.24) is 0 Å². The number of phenols is 1. The zero-order valence-corrected chi connectivity index (χ0v) is 11.0. The second-order valence-electron chi connectivity index (χ2n) is 4.16. The number of anilines is 2. The van der Waals surface area contributed by atoms with Crippen molar-refractivity contribution < 1.29 is 23.4 Å². The SMILES string of the molecule is COc1ccc(C(=O)Nc2c(N)ccc(F)c2F)c(O)c1. The molecule has 0 spiro atoms. The maximum atomic E-state index is 13.6. The summed E-state index contributed by atoms with van der Waals surface area (Å²) >= 11 is 0. The number of hydrogen-bond acceptors (Lipinski definition) is 4. The van der Waals surface area contributed by atoms with Gasteiger partial charge in [-0.15, -0.1) is 0 Å². The zero-order valence-electron chi connectivity index (χ0n) is 11.0. The minimum atomic E-state index is -1.27. The summed E-state index contributed by atoms with van der Waals surface area (Å²) in [5.74, 6) is -3.25. The van der Waals surface area contributed by atoms with Crippen LogP contribution in [-0.2, 0) is 0 Å². The van der Waals surface area contributed by atoms with E-state index in [1.807, 2.05) is 0 Å². The highest BCUT2D eigenvalue weighted by atomic mass is 19.2. The van der Waals surface area contributed by atoms with Gasteiger partial charge in [-0.1, -0.05) is 0 Å². The molecule has 0 aliphatic carbocycles. The van der Waals surface area contributed by atoms with Gasteiger partial charge in [0.15, 0.2) is 11.6 Å². The average molecular weight is 294 g/mol. The molecule has 0 bridgehead atoms. The third kappa shape index (κ3) is 2.86. The van der Waals surface area contributed by atoms with Crippen LogP contribution in [-0.4, -0.2) is 18.1 Å². The first-order chi connectivity index (χ1) is 9.93. The normalized spacial score (nSPS) is 10.2. The Morgan fingerprint density at radius 2 is 2.00 bits per heavy atom. The maximum absolute atomic E-state index is 13.6. The van der Waals surface area contributed by atoms with Gasteiger partial charge in [-0.05, 0) is 24.3 Å². The Hall–Kier alpha value is -2.83. The summed E-state index contributed by atoms with van der Waals surface area (Å²) in [4.78, 5) is 12.0. The molecule has 2 rings (SSSR count). The largest absolute Gasteiger partial charge is 0.507 e. The number of nitrogens with two attached hydrogens (primary N) is 1. The van der Waals surface area contributed by atoms with Gasteiger partial charge >= 0.3 is 0 Å². The summed E-state index contributed by atoms with van der Waals surface area (Å²) < 4.78 is 31.6. The highest BCUT2D eigenvalue weighted by Gasteiger charge is 2.18. The van der Waals surface area contributed by atoms with Crippen LogP contribution in [0.25, 0.3) is 0 Å². The van der Waals surface area contributed by atoms with Crippen LogP contribution in [0.3, 0.4) is 0 Å². The Balaban J connectivity index is 2.33. The predicted octanol–water partition coefficient (Wildman–Crippen LogP) is 2.51. The molecular formula is C14H12F2N2O3. The molecule has 0 heterocycles. The van der Waals surface area contributed by atoms with Crippen molar-refractivity contribution >= 4 is 17.3 Å². The number of rotatable bonds is 3. The molecule has 2 aromatic carbocycles. The van der Waals surface area contributed by atoms with Gasteiger partial charge in [0, 0.05) is 6.07 Å². The van der Waals surface area contributed by atoms with E-state index in [1.54, 1.807) is 0 Å². The van der Waals surface area contributed by atoms with E-state index >= 15 is 0 Å². The van der Waals surface area contributed by atoms with E-state index in [1.165, 1.54) is 25.3 Å². The Kier molecular flexibility index (Phi) is 3.93. The number of halogens is 2. The molecule has 5 nitrogen and oxygen atoms in total. The molecule has 0 aromatic heterocycles. The van der Waals surface area contributed by atoms with Crippen LogP contribution >= 0.6 is 0 Å². The Labute approximate surface area is 119 Å². The fraction of sp³-hybridized carbons (Fsp3) is 0.0714. The quantitative estimate of drug-likeness (QED) is 0.759. The number of nitrogen functional groups attached to an aromatic ring is 1. The van der Waals surface area contributed by atoms with Crippen LogP contribution in [0.1, 0.15) is 10.4 Å². The van der Waals surface area contributed by atoms with Gasteiger partial charge < -0.3 is 20.9 Å². The highest BCUT2D eigenvalue weighted by Crippen LogP contribution is 2.28. The van der Waals surface area contributed by atoms with E-state index < -0.39 is 23.2 Å². The van der Waals surface area contributed by atoms with Crippen molar-refractivity contribution in [2.45, 2.75) is 0 Å². The molecule has 7 heteroatoms. The smallest absolute Gasteiger partial charge is 0.259 e. The van der Waals surface area contributed by atoms with Crippen molar-refractivity contribution in [3.8, 4) is 11.5 Å². The second kappa shape index (κ2) is 5.66. The van der Waals surface area contributed by atoms with Crippen molar-refractivity contribution in [3.05, 3.63) is 47.5 Å². The number of phenolic OH excluding ortho intramolecular Hbond substituents is 1. The molecule has 0 aliphatic rings. The van der Waals surface area contributed by atoms with Gasteiger partial charge in [0.1, 0.15) is 17.2 Å². The number of carbonyl (C=O) groups is 1. The molecule has 0 unspecified atom stereocenters. The fourth-order valence-corrected chi connectivity index (χ4v) is 1.70. The van der Waals surface area contributed by atoms with Crippen molar-refractivity contribution in [2.75, 3.05) is 18.2 Å². The number of amides is 1. The number of benzene rings is 2. The fourth-order valence-electron chi connectivity index (χ4n) is 1.70. The van der Waals surface area contributed by atoms with Gasteiger partial charge in [-0.25, -0.2) is 8.78 Å². The van der Waals surface area contributed by atoms with E-state index in [2.05, 4.69) is 5.32 Å². The van der Waals surface area contributed by atoms with Gasteiger partial charge in [0.25, 0.3) is 5.91 Å². The van der Waals surface area contributed by atoms with Crippen LogP contribution in [0.2, 0.25) is 0 Å². The molecule has 0 saturated heterocycles. The lowest BCUT2D eigenvalue weighted by Crippen LogP contribution is -2.15. The molecule has 2 aromatic rings. The van der Waals surface area contributed by atoms with E-state index in [4.69, 9.17) is 10.5 Å². The topological polar surface area (TPSA) is 84.6 Å². The first-order valence-corrected chi connectivity index (χ1v) is 5.86. The molecule has 21 heavy (non-hydrogen) atoms. The second-order valence-corrected chi connectivity index (χ2v) is 4.16. The number of hydrogen-bond donors (Lipinski definition) is 3. The first kappa shape index (κ1) is 14.6. The lowest BCUT2D eigenvalue weighted by Gasteiger charge is -2.11. The van der Waals surface area contributed by atoms with Crippen molar-refractivity contribution in [2.24, 2.45) is 0 Å². The summed E-state index contributed by atoms with van der Waals surface area (Å²) in [6, 6.07) is 5.93. The Bertz CT molecular complexity index is 705. The van der Waals surface area contributed by atoms with E-state index in [0.717, 1.165) is 12.1 Å². The lowest BCUT2D eigenvalue weighted by atomic mass is 10.1. The summed E-state index contributed by atoms with van der Waals surface area (Å²) in [5.41, 5.74) is 4.76. The van der Waals surface area contributed by atoms with E-state index in [9.17, 15) is 18.7 Å². The molecule has 0 atom stereocenters. The standard InChI is InChI=1S/C14H12F2N2O3/c1-21-7-2-3-8(11(19)6-7)14(20)18-13-10(17)5-4-9(15)12(13)16/h2-6,19H,17H2,1H3,(H,18,20). The van der Waals surface area contributed by atoms with E-state index in [0.29, 0.717) is 5.75 Å². The van der Waals surface area contributed by atoms with Crippen molar-refractivity contribution in [3.63, 3.8) is 0 Å². The molecule has 0 radical (unpaired) electrons. The molecule has 1 amide bonds. The monoisotopic (exact) mass is 294 g/mol. The minimum Gasteiger partial charge on any atom is -0.507 e. The number of ether oxygens (including phenoxy) is 1.